The van der Waals surface area contributed by atoms with Crippen molar-refractivity contribution in [2.75, 3.05) is 12.0 Å². The smallest absolute Gasteiger partial charge is 0.228 e. The van der Waals surface area contributed by atoms with Gasteiger partial charge in [0, 0.05) is 31.5 Å². The molecule has 0 aliphatic carbocycles. The van der Waals surface area contributed by atoms with Crippen LogP contribution in [-0.4, -0.2) is 23.5 Å². The summed E-state index contributed by atoms with van der Waals surface area (Å²) < 4.78 is 6.87. The van der Waals surface area contributed by atoms with Crippen LogP contribution in [-0.2, 0) is 4.79 Å². The van der Waals surface area contributed by atoms with Gasteiger partial charge in [0.2, 0.25) is 11.8 Å². The fraction of sp³-hybridized carbons (Fsp3) is 0.200. The molecule has 0 spiro atoms. The van der Waals surface area contributed by atoms with E-state index >= 15 is 0 Å². The molecule has 128 valence electrons. The van der Waals surface area contributed by atoms with E-state index in [1.807, 2.05) is 49.4 Å². The first-order chi connectivity index (χ1) is 11.9. The van der Waals surface area contributed by atoms with Crippen molar-refractivity contribution in [1.29, 1.82) is 0 Å². The van der Waals surface area contributed by atoms with Crippen LogP contribution < -0.4 is 9.64 Å². The molecule has 2 aromatic carbocycles. The number of para-hydroxylation sites is 1. The Hall–Kier alpha value is -3.08. The summed E-state index contributed by atoms with van der Waals surface area (Å²) in [5.41, 5.74) is 3.13. The fourth-order valence-corrected chi connectivity index (χ4v) is 3.03. The van der Waals surface area contributed by atoms with Gasteiger partial charge < -0.3 is 4.74 Å². The van der Waals surface area contributed by atoms with E-state index in [-0.39, 0.29) is 11.8 Å². The number of hydrogen-bond acceptors (Lipinski definition) is 3. The Morgan fingerprint density at radius 3 is 2.40 bits per heavy atom. The quantitative estimate of drug-likeness (QED) is 0.716. The number of nitrogens with zero attached hydrogens (tertiary/aromatic N) is 2. The van der Waals surface area contributed by atoms with Crippen molar-refractivity contribution in [1.82, 2.24) is 4.57 Å². The molecule has 0 aliphatic heterocycles. The van der Waals surface area contributed by atoms with E-state index in [1.165, 1.54) is 13.8 Å². The maximum atomic E-state index is 12.5. The molecular weight excluding hydrogens is 316 g/mol. The number of aromatic nitrogens is 1. The highest BCUT2D eigenvalue weighted by Crippen LogP contribution is 2.37. The fourth-order valence-electron chi connectivity index (χ4n) is 3.03. The van der Waals surface area contributed by atoms with Crippen molar-refractivity contribution in [2.45, 2.75) is 20.8 Å². The zero-order valence-electron chi connectivity index (χ0n) is 14.7. The summed E-state index contributed by atoms with van der Waals surface area (Å²) in [4.78, 5) is 26.1. The average Bonchev–Trinajstić information content (AvgIpc) is 2.96. The predicted molar refractivity (Wildman–Crippen MR) is 98.8 cm³/mol. The number of methoxy groups -OCH3 is 1. The molecule has 0 aliphatic rings. The molecule has 0 atom stereocenters. The summed E-state index contributed by atoms with van der Waals surface area (Å²) in [5.74, 6) is 0.429. The summed E-state index contributed by atoms with van der Waals surface area (Å²) in [6, 6.07) is 13.2. The molecule has 0 saturated heterocycles. The van der Waals surface area contributed by atoms with Crippen molar-refractivity contribution in [2.24, 2.45) is 0 Å². The first-order valence-corrected chi connectivity index (χ1v) is 8.00. The van der Waals surface area contributed by atoms with Gasteiger partial charge in [-0.1, -0.05) is 24.3 Å². The number of benzene rings is 2. The van der Waals surface area contributed by atoms with Gasteiger partial charge in [-0.05, 0) is 24.6 Å². The van der Waals surface area contributed by atoms with Gasteiger partial charge in [0.1, 0.15) is 5.75 Å². The molecule has 0 bridgehead atoms. The highest BCUT2D eigenvalue weighted by atomic mass is 16.5. The largest absolute Gasteiger partial charge is 0.497 e. The van der Waals surface area contributed by atoms with Crippen molar-refractivity contribution in [3.05, 3.63) is 54.2 Å². The standard InChI is InChI=1S/C20H20N2O3/c1-13-9-10-16(25-4)11-19(13)22(15(3)24)20-12-21(14(2)23)18-8-6-5-7-17(18)20/h5-12H,1-4H3. The highest BCUT2D eigenvalue weighted by Gasteiger charge is 2.22. The Kier molecular flexibility index (Phi) is 4.31. The molecule has 25 heavy (non-hydrogen) atoms. The SMILES string of the molecule is COc1ccc(C)c(N(C(C)=O)c2cn(C(C)=O)c3ccccc23)c1. The maximum Gasteiger partial charge on any atom is 0.228 e. The maximum absolute atomic E-state index is 12.5. The molecule has 0 N–H and O–H groups in total. The molecule has 1 aromatic heterocycles. The molecule has 0 radical (unpaired) electrons. The third-order valence-corrected chi connectivity index (χ3v) is 4.24. The number of carbonyl (C=O) groups excluding carboxylic acids is 2. The van der Waals surface area contributed by atoms with Crippen LogP contribution in [0.25, 0.3) is 10.9 Å². The van der Waals surface area contributed by atoms with Gasteiger partial charge in [-0.3, -0.25) is 19.1 Å². The van der Waals surface area contributed by atoms with Gasteiger partial charge in [0.05, 0.1) is 24.0 Å². The highest BCUT2D eigenvalue weighted by molar-refractivity contribution is 6.09. The zero-order valence-corrected chi connectivity index (χ0v) is 14.7. The van der Waals surface area contributed by atoms with E-state index in [1.54, 1.807) is 22.8 Å². The molecule has 0 saturated carbocycles. The number of rotatable bonds is 3. The minimum Gasteiger partial charge on any atom is -0.497 e. The van der Waals surface area contributed by atoms with Gasteiger partial charge in [-0.25, -0.2) is 0 Å². The van der Waals surface area contributed by atoms with Crippen LogP contribution in [0.4, 0.5) is 11.4 Å². The van der Waals surface area contributed by atoms with E-state index < -0.39 is 0 Å². The lowest BCUT2D eigenvalue weighted by atomic mass is 10.1. The lowest BCUT2D eigenvalue weighted by Gasteiger charge is -2.23. The van der Waals surface area contributed by atoms with Gasteiger partial charge in [0.15, 0.2) is 0 Å². The third kappa shape index (κ3) is 2.89. The number of carbonyl (C=O) groups is 2. The number of fused-ring (bicyclic) bond motifs is 1. The van der Waals surface area contributed by atoms with Crippen LogP contribution in [0.2, 0.25) is 0 Å². The topological polar surface area (TPSA) is 51.5 Å². The van der Waals surface area contributed by atoms with E-state index in [9.17, 15) is 9.59 Å². The van der Waals surface area contributed by atoms with Gasteiger partial charge >= 0.3 is 0 Å². The second-order valence-corrected chi connectivity index (χ2v) is 5.93. The Balaban J connectivity index is 2.29. The van der Waals surface area contributed by atoms with Crippen LogP contribution in [0, 0.1) is 6.92 Å². The van der Waals surface area contributed by atoms with Crippen molar-refractivity contribution in [3.63, 3.8) is 0 Å². The normalized spacial score (nSPS) is 10.7. The van der Waals surface area contributed by atoms with Crippen LogP contribution >= 0.6 is 0 Å². The Labute approximate surface area is 146 Å². The van der Waals surface area contributed by atoms with Crippen LogP contribution in [0.3, 0.4) is 0 Å². The molecule has 1 heterocycles. The van der Waals surface area contributed by atoms with Gasteiger partial charge in [-0.2, -0.15) is 0 Å². The molecule has 3 rings (SSSR count). The monoisotopic (exact) mass is 336 g/mol. The molecule has 0 unspecified atom stereocenters. The average molecular weight is 336 g/mol. The molecule has 0 fully saturated rings. The van der Waals surface area contributed by atoms with E-state index in [4.69, 9.17) is 4.74 Å². The summed E-state index contributed by atoms with van der Waals surface area (Å²) in [6.45, 7) is 4.96. The second-order valence-electron chi connectivity index (χ2n) is 5.93. The number of ether oxygens (including phenoxy) is 1. The summed E-state index contributed by atoms with van der Waals surface area (Å²) >= 11 is 0. The number of hydrogen-bond donors (Lipinski definition) is 0. The second kappa shape index (κ2) is 6.43. The first-order valence-electron chi connectivity index (χ1n) is 8.00. The molecule has 5 nitrogen and oxygen atoms in total. The molecule has 3 aromatic rings. The van der Waals surface area contributed by atoms with Crippen LogP contribution in [0.1, 0.15) is 24.2 Å². The van der Waals surface area contributed by atoms with Crippen molar-refractivity contribution < 1.29 is 14.3 Å². The summed E-state index contributed by atoms with van der Waals surface area (Å²) in [7, 11) is 1.59. The first kappa shape index (κ1) is 16.8. The zero-order chi connectivity index (χ0) is 18.1. The predicted octanol–water partition coefficient (Wildman–Crippen LogP) is 4.30. The lowest BCUT2D eigenvalue weighted by Crippen LogP contribution is -2.23. The van der Waals surface area contributed by atoms with Crippen LogP contribution in [0.5, 0.6) is 5.75 Å². The third-order valence-electron chi connectivity index (χ3n) is 4.24. The number of aryl methyl sites for hydroxylation is 1. The summed E-state index contributed by atoms with van der Waals surface area (Å²) in [6.07, 6.45) is 1.72. The van der Waals surface area contributed by atoms with E-state index in [0.29, 0.717) is 11.4 Å². The lowest BCUT2D eigenvalue weighted by molar-refractivity contribution is -0.115. The number of amides is 1. The van der Waals surface area contributed by atoms with Crippen molar-refractivity contribution in [3.8, 4) is 5.75 Å². The van der Waals surface area contributed by atoms with Crippen LogP contribution in [0.15, 0.2) is 48.7 Å². The van der Waals surface area contributed by atoms with Gasteiger partial charge in [-0.15, -0.1) is 0 Å². The summed E-state index contributed by atoms with van der Waals surface area (Å²) in [5, 5.41) is 0.843. The molecule has 1 amide bonds. The Morgan fingerprint density at radius 1 is 1.04 bits per heavy atom. The molecule has 5 heteroatoms. The Morgan fingerprint density at radius 2 is 1.76 bits per heavy atom. The van der Waals surface area contributed by atoms with Gasteiger partial charge in [0.25, 0.3) is 0 Å². The minimum absolute atomic E-state index is 0.103. The molecular formula is C20H20N2O3. The minimum atomic E-state index is -0.136. The van der Waals surface area contributed by atoms with E-state index in [2.05, 4.69) is 0 Å². The van der Waals surface area contributed by atoms with Crippen molar-refractivity contribution >= 4 is 34.1 Å². The number of anilines is 2. The Bertz CT molecular complexity index is 972. The van der Waals surface area contributed by atoms with E-state index in [0.717, 1.165) is 22.2 Å².